The highest BCUT2D eigenvalue weighted by molar-refractivity contribution is 5.85. The van der Waals surface area contributed by atoms with Gasteiger partial charge >= 0.3 is 0 Å². The monoisotopic (exact) mass is 293 g/mol. The Bertz CT molecular complexity index is 327. The van der Waals surface area contributed by atoms with Crippen molar-refractivity contribution in [3.63, 3.8) is 0 Å². The summed E-state index contributed by atoms with van der Waals surface area (Å²) < 4.78 is 0. The van der Waals surface area contributed by atoms with Gasteiger partial charge in [0.05, 0.1) is 0 Å². The molecule has 0 spiro atoms. The van der Waals surface area contributed by atoms with Gasteiger partial charge < -0.3 is 15.7 Å². The Balaban J connectivity index is 0.00000144. The van der Waals surface area contributed by atoms with Crippen molar-refractivity contribution >= 4 is 30.6 Å². The molecule has 18 heavy (non-hydrogen) atoms. The van der Waals surface area contributed by atoms with Crippen LogP contribution in [0.25, 0.3) is 0 Å². The standard InChI is InChI=1S/C12H19N3O.2ClH/c13-7-11-1-2-12(14-8-11)15-5-3-10(9-16)4-6-15;;/h1-2,8,10,16H,3-7,9,13H2;2*1H. The van der Waals surface area contributed by atoms with Crippen molar-refractivity contribution in [2.75, 3.05) is 24.6 Å². The van der Waals surface area contributed by atoms with Crippen LogP contribution < -0.4 is 10.6 Å². The van der Waals surface area contributed by atoms with Crippen molar-refractivity contribution < 1.29 is 5.11 Å². The normalized spacial score (nSPS) is 15.8. The second-order valence-corrected chi connectivity index (χ2v) is 4.34. The third-order valence-corrected chi connectivity index (χ3v) is 3.24. The second-order valence-electron chi connectivity index (χ2n) is 4.34. The van der Waals surface area contributed by atoms with Gasteiger partial charge in [0.25, 0.3) is 0 Å². The van der Waals surface area contributed by atoms with Gasteiger partial charge in [-0.1, -0.05) is 6.07 Å². The van der Waals surface area contributed by atoms with E-state index in [0.29, 0.717) is 19.1 Å². The molecule has 0 atom stereocenters. The molecule has 1 aromatic rings. The van der Waals surface area contributed by atoms with Crippen LogP contribution in [0, 0.1) is 5.92 Å². The number of piperidine rings is 1. The zero-order valence-electron chi connectivity index (χ0n) is 10.3. The zero-order chi connectivity index (χ0) is 11.4. The van der Waals surface area contributed by atoms with Crippen LogP contribution >= 0.6 is 24.8 Å². The Morgan fingerprint density at radius 3 is 2.39 bits per heavy atom. The van der Waals surface area contributed by atoms with E-state index in [9.17, 15) is 0 Å². The second kappa shape index (κ2) is 8.53. The number of nitrogens with two attached hydrogens (primary N) is 1. The molecule has 3 N–H and O–H groups in total. The molecule has 2 heterocycles. The number of pyridine rings is 1. The van der Waals surface area contributed by atoms with E-state index < -0.39 is 0 Å². The number of aliphatic hydroxyl groups excluding tert-OH is 1. The van der Waals surface area contributed by atoms with Crippen molar-refractivity contribution in [3.05, 3.63) is 23.9 Å². The molecule has 0 unspecified atom stereocenters. The highest BCUT2D eigenvalue weighted by Gasteiger charge is 2.19. The molecule has 0 amide bonds. The summed E-state index contributed by atoms with van der Waals surface area (Å²) >= 11 is 0. The van der Waals surface area contributed by atoms with E-state index in [1.165, 1.54) is 0 Å². The van der Waals surface area contributed by atoms with Crippen LogP contribution in [0.2, 0.25) is 0 Å². The zero-order valence-corrected chi connectivity index (χ0v) is 11.9. The minimum atomic E-state index is 0. The van der Waals surface area contributed by atoms with Gasteiger partial charge in [0.15, 0.2) is 0 Å². The van der Waals surface area contributed by atoms with Gasteiger partial charge in [-0.05, 0) is 30.4 Å². The summed E-state index contributed by atoms with van der Waals surface area (Å²) in [5.41, 5.74) is 6.60. The van der Waals surface area contributed by atoms with Gasteiger partial charge in [0, 0.05) is 32.4 Å². The van der Waals surface area contributed by atoms with Gasteiger partial charge in [0.2, 0.25) is 0 Å². The number of anilines is 1. The maximum absolute atomic E-state index is 9.07. The van der Waals surface area contributed by atoms with Crippen LogP contribution in [0.3, 0.4) is 0 Å². The lowest BCUT2D eigenvalue weighted by Gasteiger charge is -2.31. The molecule has 1 fully saturated rings. The Kier molecular flexibility index (Phi) is 8.27. The number of hydrogen-bond donors (Lipinski definition) is 2. The molecule has 0 bridgehead atoms. The minimum absolute atomic E-state index is 0. The van der Waals surface area contributed by atoms with Crippen LogP contribution in [0.4, 0.5) is 5.82 Å². The SMILES string of the molecule is Cl.Cl.NCc1ccc(N2CCC(CO)CC2)nc1. The maximum atomic E-state index is 9.07. The number of aliphatic hydroxyl groups is 1. The Hall–Kier alpha value is -0.550. The van der Waals surface area contributed by atoms with Crippen LogP contribution in [0.15, 0.2) is 18.3 Å². The van der Waals surface area contributed by atoms with Crippen molar-refractivity contribution in [1.82, 2.24) is 4.98 Å². The molecule has 2 rings (SSSR count). The van der Waals surface area contributed by atoms with E-state index >= 15 is 0 Å². The maximum Gasteiger partial charge on any atom is 0.128 e. The first-order valence-corrected chi connectivity index (χ1v) is 5.84. The van der Waals surface area contributed by atoms with Crippen LogP contribution in [0.1, 0.15) is 18.4 Å². The van der Waals surface area contributed by atoms with Gasteiger partial charge in [-0.2, -0.15) is 0 Å². The highest BCUT2D eigenvalue weighted by atomic mass is 35.5. The molecule has 1 aliphatic rings. The van der Waals surface area contributed by atoms with Crippen LogP contribution in [-0.2, 0) is 6.54 Å². The summed E-state index contributed by atoms with van der Waals surface area (Å²) in [5.74, 6) is 1.49. The highest BCUT2D eigenvalue weighted by Crippen LogP contribution is 2.21. The smallest absolute Gasteiger partial charge is 0.128 e. The first kappa shape index (κ1) is 17.4. The molecule has 1 aromatic heterocycles. The molecule has 0 aromatic carbocycles. The van der Waals surface area contributed by atoms with E-state index in [1.54, 1.807) is 0 Å². The number of hydrogen-bond acceptors (Lipinski definition) is 4. The van der Waals surface area contributed by atoms with E-state index in [0.717, 1.165) is 37.3 Å². The fourth-order valence-corrected chi connectivity index (χ4v) is 2.07. The summed E-state index contributed by atoms with van der Waals surface area (Å²) in [7, 11) is 0. The number of aromatic nitrogens is 1. The number of rotatable bonds is 3. The van der Waals surface area contributed by atoms with Gasteiger partial charge in [0.1, 0.15) is 5.82 Å². The van der Waals surface area contributed by atoms with Gasteiger partial charge in [-0.15, -0.1) is 24.8 Å². The Morgan fingerprint density at radius 2 is 1.94 bits per heavy atom. The molecule has 1 aliphatic heterocycles. The predicted octanol–water partition coefficient (Wildman–Crippen LogP) is 1.59. The molecule has 0 saturated carbocycles. The summed E-state index contributed by atoms with van der Waals surface area (Å²) in [6.07, 6.45) is 3.95. The fourth-order valence-electron chi connectivity index (χ4n) is 2.07. The molecule has 1 saturated heterocycles. The Morgan fingerprint density at radius 1 is 1.28 bits per heavy atom. The summed E-state index contributed by atoms with van der Waals surface area (Å²) in [4.78, 5) is 6.68. The molecule has 104 valence electrons. The van der Waals surface area contributed by atoms with Crippen LogP contribution in [-0.4, -0.2) is 29.8 Å². The molecule has 4 nitrogen and oxygen atoms in total. The lowest BCUT2D eigenvalue weighted by molar-refractivity contribution is 0.203. The first-order chi connectivity index (χ1) is 7.83. The Labute approximate surface area is 120 Å². The van der Waals surface area contributed by atoms with Gasteiger partial charge in [-0.25, -0.2) is 4.98 Å². The van der Waals surface area contributed by atoms with Gasteiger partial charge in [-0.3, -0.25) is 0 Å². The largest absolute Gasteiger partial charge is 0.396 e. The average Bonchev–Trinajstić information content (AvgIpc) is 2.39. The topological polar surface area (TPSA) is 62.4 Å². The van der Waals surface area contributed by atoms with Crippen molar-refractivity contribution in [2.45, 2.75) is 19.4 Å². The molecule has 0 radical (unpaired) electrons. The van der Waals surface area contributed by atoms with Crippen molar-refractivity contribution in [1.29, 1.82) is 0 Å². The fraction of sp³-hybridized carbons (Fsp3) is 0.583. The van der Waals surface area contributed by atoms with Crippen molar-refractivity contribution in [2.24, 2.45) is 11.7 Å². The summed E-state index contributed by atoms with van der Waals surface area (Å²) in [5, 5.41) is 9.07. The summed E-state index contributed by atoms with van der Waals surface area (Å²) in [6.45, 7) is 2.83. The molecular weight excluding hydrogens is 273 g/mol. The summed E-state index contributed by atoms with van der Waals surface area (Å²) in [6, 6.07) is 4.06. The molecular formula is C12H21Cl2N3O. The third kappa shape index (κ3) is 4.28. The van der Waals surface area contributed by atoms with Crippen LogP contribution in [0.5, 0.6) is 0 Å². The van der Waals surface area contributed by atoms with E-state index in [4.69, 9.17) is 10.8 Å². The average molecular weight is 294 g/mol. The van der Waals surface area contributed by atoms with Crippen molar-refractivity contribution in [3.8, 4) is 0 Å². The number of nitrogens with zero attached hydrogens (tertiary/aromatic N) is 2. The van der Waals surface area contributed by atoms with E-state index in [1.807, 2.05) is 18.3 Å². The van der Waals surface area contributed by atoms with E-state index in [2.05, 4.69) is 9.88 Å². The lowest BCUT2D eigenvalue weighted by Crippen LogP contribution is -2.35. The number of halogens is 2. The first-order valence-electron chi connectivity index (χ1n) is 5.84. The molecule has 0 aliphatic carbocycles. The predicted molar refractivity (Wildman–Crippen MR) is 78.6 cm³/mol. The third-order valence-electron chi connectivity index (χ3n) is 3.24. The van der Waals surface area contributed by atoms with E-state index in [-0.39, 0.29) is 24.8 Å². The molecule has 6 heteroatoms. The minimum Gasteiger partial charge on any atom is -0.396 e. The lowest BCUT2D eigenvalue weighted by atomic mass is 9.98. The quantitative estimate of drug-likeness (QED) is 0.889.